The summed E-state index contributed by atoms with van der Waals surface area (Å²) in [6.45, 7) is 1.17. The Morgan fingerprint density at radius 2 is 2.47 bits per heavy atom. The molecule has 2 N–H and O–H groups in total. The quantitative estimate of drug-likeness (QED) is 0.816. The lowest BCUT2D eigenvalue weighted by molar-refractivity contribution is -0.106. The highest BCUT2D eigenvalue weighted by Gasteiger charge is 2.16. The van der Waals surface area contributed by atoms with Crippen molar-refractivity contribution in [2.75, 3.05) is 6.61 Å². The smallest absolute Gasteiger partial charge is 0.199 e. The molecule has 1 aromatic heterocycles. The molecule has 0 spiro atoms. The molecule has 1 aliphatic rings. The van der Waals surface area contributed by atoms with E-state index in [9.17, 15) is 0 Å². The Balaban J connectivity index is 2.02. The van der Waals surface area contributed by atoms with E-state index < -0.39 is 0 Å². The number of ether oxygens (including phenoxy) is 2. The Labute approximate surface area is 89.4 Å². The third kappa shape index (κ3) is 2.67. The number of nitrogens with zero attached hydrogens (tertiary/aromatic N) is 1. The zero-order chi connectivity index (χ0) is 10.5. The Kier molecular flexibility index (Phi) is 3.53. The summed E-state index contributed by atoms with van der Waals surface area (Å²) in [5.41, 5.74) is 6.36. The Hall–Kier alpha value is -1.13. The summed E-state index contributed by atoms with van der Waals surface area (Å²) in [7, 11) is 0. The van der Waals surface area contributed by atoms with Crippen LogP contribution in [0.25, 0.3) is 0 Å². The topological polar surface area (TPSA) is 57.4 Å². The summed E-state index contributed by atoms with van der Waals surface area (Å²) in [5.74, 6) is 0.743. The second-order valence-electron chi connectivity index (χ2n) is 3.57. The van der Waals surface area contributed by atoms with E-state index in [4.69, 9.17) is 15.2 Å². The van der Waals surface area contributed by atoms with Crippen LogP contribution in [0.4, 0.5) is 0 Å². The predicted octanol–water partition coefficient (Wildman–Crippen LogP) is 1.45. The Morgan fingerprint density at radius 1 is 1.53 bits per heavy atom. The number of rotatable bonds is 3. The van der Waals surface area contributed by atoms with Gasteiger partial charge in [-0.1, -0.05) is 0 Å². The molecule has 1 fully saturated rings. The minimum atomic E-state index is -0.131. The molecule has 15 heavy (non-hydrogen) atoms. The van der Waals surface area contributed by atoms with Crippen LogP contribution in [0.5, 0.6) is 5.75 Å². The number of pyridine rings is 1. The summed E-state index contributed by atoms with van der Waals surface area (Å²) in [6, 6.07) is 3.73. The molecule has 0 bridgehead atoms. The maximum atomic E-state index is 5.71. The van der Waals surface area contributed by atoms with Crippen LogP contribution in [0.3, 0.4) is 0 Å². The molecule has 1 aromatic rings. The van der Waals surface area contributed by atoms with Crippen molar-refractivity contribution in [2.24, 2.45) is 5.73 Å². The Bertz CT molecular complexity index is 311. The fraction of sp³-hybridized carbons (Fsp3) is 0.545. The van der Waals surface area contributed by atoms with Crippen LogP contribution < -0.4 is 10.5 Å². The van der Waals surface area contributed by atoms with Crippen molar-refractivity contribution in [3.05, 3.63) is 24.0 Å². The second kappa shape index (κ2) is 5.09. The van der Waals surface area contributed by atoms with Gasteiger partial charge in [0.2, 0.25) is 0 Å². The first-order valence-corrected chi connectivity index (χ1v) is 5.32. The summed E-state index contributed by atoms with van der Waals surface area (Å²) in [6.07, 6.45) is 4.81. The van der Waals surface area contributed by atoms with Crippen LogP contribution in [0, 0.1) is 0 Å². The molecule has 1 saturated heterocycles. The zero-order valence-corrected chi connectivity index (χ0v) is 8.69. The maximum Gasteiger partial charge on any atom is 0.199 e. The van der Waals surface area contributed by atoms with Crippen LogP contribution in [-0.2, 0) is 11.3 Å². The zero-order valence-electron chi connectivity index (χ0n) is 8.69. The van der Waals surface area contributed by atoms with Crippen molar-refractivity contribution in [1.82, 2.24) is 4.98 Å². The fourth-order valence-electron chi connectivity index (χ4n) is 1.63. The van der Waals surface area contributed by atoms with E-state index in [0.29, 0.717) is 6.54 Å². The van der Waals surface area contributed by atoms with Crippen LogP contribution >= 0.6 is 0 Å². The van der Waals surface area contributed by atoms with Crippen molar-refractivity contribution >= 4 is 0 Å². The van der Waals surface area contributed by atoms with Crippen molar-refractivity contribution in [2.45, 2.75) is 32.1 Å². The van der Waals surface area contributed by atoms with E-state index >= 15 is 0 Å². The molecular formula is C11H16N2O2. The molecule has 2 rings (SSSR count). The lowest BCUT2D eigenvalue weighted by Crippen LogP contribution is -2.25. The lowest BCUT2D eigenvalue weighted by Gasteiger charge is -2.24. The van der Waals surface area contributed by atoms with Gasteiger partial charge in [-0.05, 0) is 25.0 Å². The second-order valence-corrected chi connectivity index (χ2v) is 3.57. The average Bonchev–Trinajstić information content (AvgIpc) is 2.31. The highest BCUT2D eigenvalue weighted by molar-refractivity contribution is 5.26. The number of hydrogen-bond donors (Lipinski definition) is 1. The van der Waals surface area contributed by atoms with Gasteiger partial charge in [0.1, 0.15) is 5.75 Å². The van der Waals surface area contributed by atoms with Crippen molar-refractivity contribution < 1.29 is 9.47 Å². The van der Waals surface area contributed by atoms with Gasteiger partial charge in [-0.3, -0.25) is 4.98 Å². The van der Waals surface area contributed by atoms with Gasteiger partial charge >= 0.3 is 0 Å². The first kappa shape index (κ1) is 10.4. The van der Waals surface area contributed by atoms with Gasteiger partial charge in [0.15, 0.2) is 6.29 Å². The molecule has 2 heterocycles. The van der Waals surface area contributed by atoms with Gasteiger partial charge in [-0.2, -0.15) is 0 Å². The molecule has 0 aromatic carbocycles. The van der Waals surface area contributed by atoms with E-state index in [1.165, 1.54) is 0 Å². The van der Waals surface area contributed by atoms with Crippen LogP contribution in [0.15, 0.2) is 18.3 Å². The number of hydrogen-bond acceptors (Lipinski definition) is 4. The van der Waals surface area contributed by atoms with E-state index in [1.807, 2.05) is 12.1 Å². The lowest BCUT2D eigenvalue weighted by atomic mass is 10.2. The Morgan fingerprint density at radius 3 is 3.20 bits per heavy atom. The van der Waals surface area contributed by atoms with Gasteiger partial charge in [0, 0.05) is 19.2 Å². The van der Waals surface area contributed by atoms with Crippen molar-refractivity contribution in [1.29, 1.82) is 0 Å². The highest BCUT2D eigenvalue weighted by Crippen LogP contribution is 2.21. The van der Waals surface area contributed by atoms with Gasteiger partial charge in [0.25, 0.3) is 0 Å². The first-order valence-electron chi connectivity index (χ1n) is 5.32. The highest BCUT2D eigenvalue weighted by atomic mass is 16.7. The van der Waals surface area contributed by atoms with E-state index in [1.54, 1.807) is 6.20 Å². The van der Waals surface area contributed by atoms with Crippen molar-refractivity contribution in [3.63, 3.8) is 0 Å². The summed E-state index contributed by atoms with van der Waals surface area (Å²) in [4.78, 5) is 4.16. The number of nitrogens with two attached hydrogens (primary N) is 1. The van der Waals surface area contributed by atoms with E-state index in [-0.39, 0.29) is 6.29 Å². The molecule has 0 aliphatic carbocycles. The SMILES string of the molecule is NCc1ncccc1OC1CCCCO1. The van der Waals surface area contributed by atoms with Gasteiger partial charge in [-0.15, -0.1) is 0 Å². The molecule has 0 amide bonds. The molecule has 1 aliphatic heterocycles. The summed E-state index contributed by atoms with van der Waals surface area (Å²) in [5, 5.41) is 0. The molecule has 4 heteroatoms. The molecule has 82 valence electrons. The third-order valence-corrected chi connectivity index (χ3v) is 2.44. The van der Waals surface area contributed by atoms with Gasteiger partial charge in [0.05, 0.1) is 12.3 Å². The van der Waals surface area contributed by atoms with Crippen LogP contribution in [-0.4, -0.2) is 17.9 Å². The average molecular weight is 208 g/mol. The molecular weight excluding hydrogens is 192 g/mol. The minimum Gasteiger partial charge on any atom is -0.463 e. The number of aromatic nitrogens is 1. The maximum absolute atomic E-state index is 5.71. The molecule has 0 radical (unpaired) electrons. The van der Waals surface area contributed by atoms with Crippen LogP contribution in [0.2, 0.25) is 0 Å². The third-order valence-electron chi connectivity index (χ3n) is 2.44. The summed E-state index contributed by atoms with van der Waals surface area (Å²) >= 11 is 0. The normalized spacial score (nSPS) is 21.3. The summed E-state index contributed by atoms with van der Waals surface area (Å²) < 4.78 is 11.2. The standard InChI is InChI=1S/C11H16N2O2/c12-8-9-10(4-3-6-13-9)15-11-5-1-2-7-14-11/h3-4,6,11H,1-2,5,7-8,12H2. The molecule has 0 saturated carbocycles. The predicted molar refractivity (Wildman–Crippen MR) is 56.3 cm³/mol. The van der Waals surface area contributed by atoms with Gasteiger partial charge in [-0.25, -0.2) is 0 Å². The van der Waals surface area contributed by atoms with Crippen LogP contribution in [0.1, 0.15) is 25.0 Å². The molecule has 4 nitrogen and oxygen atoms in total. The van der Waals surface area contributed by atoms with Crippen molar-refractivity contribution in [3.8, 4) is 5.75 Å². The van der Waals surface area contributed by atoms with E-state index in [0.717, 1.165) is 37.3 Å². The van der Waals surface area contributed by atoms with Gasteiger partial charge < -0.3 is 15.2 Å². The first-order chi connectivity index (χ1) is 7.40. The largest absolute Gasteiger partial charge is 0.463 e. The molecule has 1 unspecified atom stereocenters. The monoisotopic (exact) mass is 208 g/mol. The molecule has 1 atom stereocenters. The van der Waals surface area contributed by atoms with E-state index in [2.05, 4.69) is 4.98 Å². The fourth-order valence-corrected chi connectivity index (χ4v) is 1.63. The minimum absolute atomic E-state index is 0.131.